The van der Waals surface area contributed by atoms with Gasteiger partial charge in [-0.3, -0.25) is 0 Å². The molecule has 0 bridgehead atoms. The van der Waals surface area contributed by atoms with Crippen molar-refractivity contribution in [2.75, 3.05) is 13.2 Å². The van der Waals surface area contributed by atoms with E-state index in [0.29, 0.717) is 18.1 Å². The molecule has 2 rings (SSSR count). The summed E-state index contributed by atoms with van der Waals surface area (Å²) < 4.78 is 5.56. The maximum atomic E-state index is 5.56. The number of benzene rings is 1. The molecule has 1 saturated carbocycles. The molecule has 0 heterocycles. The van der Waals surface area contributed by atoms with Gasteiger partial charge in [0.15, 0.2) is 0 Å². The van der Waals surface area contributed by atoms with Crippen LogP contribution in [0.1, 0.15) is 38.2 Å². The highest BCUT2D eigenvalue weighted by molar-refractivity contribution is 5.19. The van der Waals surface area contributed by atoms with Crippen molar-refractivity contribution in [2.24, 2.45) is 0 Å². The van der Waals surface area contributed by atoms with Crippen molar-refractivity contribution < 1.29 is 4.74 Å². The van der Waals surface area contributed by atoms with Gasteiger partial charge in [-0.15, -0.1) is 0 Å². The van der Waals surface area contributed by atoms with E-state index in [4.69, 9.17) is 4.74 Å². The number of hydrogen-bond donors (Lipinski definition) is 1. The summed E-state index contributed by atoms with van der Waals surface area (Å²) in [5, 5.41) is 3.63. The molecule has 1 aromatic carbocycles. The van der Waals surface area contributed by atoms with E-state index in [1.54, 1.807) is 0 Å². The smallest absolute Gasteiger partial charge is 0.0604 e. The van der Waals surface area contributed by atoms with Crippen LogP contribution in [0.4, 0.5) is 0 Å². The molecule has 0 aromatic heterocycles. The van der Waals surface area contributed by atoms with Crippen molar-refractivity contribution in [1.29, 1.82) is 0 Å². The fraction of sp³-hybridized carbons (Fsp3) is 0.600. The van der Waals surface area contributed by atoms with Crippen LogP contribution in [-0.4, -0.2) is 25.3 Å². The molecule has 2 heteroatoms. The van der Waals surface area contributed by atoms with E-state index in [9.17, 15) is 0 Å². The third-order valence-corrected chi connectivity index (χ3v) is 3.58. The highest BCUT2D eigenvalue weighted by Crippen LogP contribution is 2.24. The molecule has 94 valence electrons. The van der Waals surface area contributed by atoms with Gasteiger partial charge in [0, 0.05) is 19.2 Å². The van der Waals surface area contributed by atoms with Crippen LogP contribution in [0.2, 0.25) is 0 Å². The summed E-state index contributed by atoms with van der Waals surface area (Å²) in [5.41, 5.74) is 1.42. The number of ether oxygens (including phenoxy) is 1. The molecular formula is C15H23NO. The van der Waals surface area contributed by atoms with Crippen LogP contribution < -0.4 is 5.32 Å². The molecule has 0 saturated heterocycles. The Labute approximate surface area is 104 Å². The first-order valence-electron chi connectivity index (χ1n) is 6.69. The molecule has 1 N–H and O–H groups in total. The Bertz CT molecular complexity index is 319. The fourth-order valence-corrected chi connectivity index (χ4v) is 2.35. The van der Waals surface area contributed by atoms with Crippen molar-refractivity contribution in [3.63, 3.8) is 0 Å². The molecule has 1 atom stereocenters. The molecule has 0 radical (unpaired) electrons. The van der Waals surface area contributed by atoms with Gasteiger partial charge in [0.2, 0.25) is 0 Å². The summed E-state index contributed by atoms with van der Waals surface area (Å²) in [4.78, 5) is 0. The van der Waals surface area contributed by atoms with Crippen molar-refractivity contribution >= 4 is 0 Å². The van der Waals surface area contributed by atoms with Crippen molar-refractivity contribution in [3.8, 4) is 0 Å². The zero-order valence-electron chi connectivity index (χ0n) is 10.9. The molecular weight excluding hydrogens is 210 g/mol. The molecule has 0 amide bonds. The normalized spacial score (nSPS) is 25.3. The lowest BCUT2D eigenvalue weighted by Gasteiger charge is -2.36. The predicted molar refractivity (Wildman–Crippen MR) is 71.3 cm³/mol. The maximum absolute atomic E-state index is 5.56. The first kappa shape index (κ1) is 12.6. The molecule has 0 aliphatic heterocycles. The van der Waals surface area contributed by atoms with Gasteiger partial charge in [-0.25, -0.2) is 0 Å². The van der Waals surface area contributed by atoms with Crippen LogP contribution >= 0.6 is 0 Å². The van der Waals surface area contributed by atoms with E-state index < -0.39 is 0 Å². The molecule has 2 nitrogen and oxygen atoms in total. The van der Waals surface area contributed by atoms with Crippen LogP contribution in [0.15, 0.2) is 30.3 Å². The van der Waals surface area contributed by atoms with Gasteiger partial charge < -0.3 is 10.1 Å². The van der Waals surface area contributed by atoms with Gasteiger partial charge in [0.25, 0.3) is 0 Å². The first-order valence-corrected chi connectivity index (χ1v) is 6.69. The zero-order valence-corrected chi connectivity index (χ0v) is 10.9. The third-order valence-electron chi connectivity index (χ3n) is 3.58. The number of hydrogen-bond acceptors (Lipinski definition) is 2. The number of nitrogens with one attached hydrogen (secondary N) is 1. The lowest BCUT2D eigenvalue weighted by molar-refractivity contribution is -0.00993. The highest BCUT2D eigenvalue weighted by atomic mass is 16.5. The van der Waals surface area contributed by atoms with Gasteiger partial charge in [0.05, 0.1) is 6.10 Å². The Morgan fingerprint density at radius 2 is 2.00 bits per heavy atom. The minimum Gasteiger partial charge on any atom is -0.378 e. The molecule has 17 heavy (non-hydrogen) atoms. The molecule has 1 fully saturated rings. The molecule has 0 spiro atoms. The minimum atomic E-state index is 0.504. The second-order valence-electron chi connectivity index (χ2n) is 4.97. The van der Waals surface area contributed by atoms with Gasteiger partial charge in [0.1, 0.15) is 0 Å². The average Bonchev–Trinajstić information content (AvgIpc) is 2.32. The summed E-state index contributed by atoms with van der Waals surface area (Å²) in [7, 11) is 0. The molecule has 1 aliphatic rings. The highest BCUT2D eigenvalue weighted by Gasteiger charge is 2.29. The van der Waals surface area contributed by atoms with Gasteiger partial charge >= 0.3 is 0 Å². The second kappa shape index (κ2) is 6.18. The second-order valence-corrected chi connectivity index (χ2v) is 4.97. The Hall–Kier alpha value is -0.860. The van der Waals surface area contributed by atoms with Crippen LogP contribution in [0.5, 0.6) is 0 Å². The lowest BCUT2D eigenvalue weighted by Crippen LogP contribution is -2.46. The van der Waals surface area contributed by atoms with Crippen LogP contribution in [0.25, 0.3) is 0 Å². The summed E-state index contributed by atoms with van der Waals surface area (Å²) in [6, 6.07) is 11.4. The Balaban J connectivity index is 1.66. The first-order chi connectivity index (χ1) is 8.29. The van der Waals surface area contributed by atoms with E-state index >= 15 is 0 Å². The van der Waals surface area contributed by atoms with E-state index in [1.165, 1.54) is 18.4 Å². The monoisotopic (exact) mass is 233 g/mol. The SMILES string of the molecule is CCOC1CC(NCC(C)c2ccccc2)C1. The number of rotatable bonds is 6. The molecule has 1 aromatic rings. The Kier molecular flexibility index (Phi) is 4.57. The van der Waals surface area contributed by atoms with E-state index in [0.717, 1.165) is 13.2 Å². The summed E-state index contributed by atoms with van der Waals surface area (Å²) >= 11 is 0. The zero-order chi connectivity index (χ0) is 12.1. The average molecular weight is 233 g/mol. The largest absolute Gasteiger partial charge is 0.378 e. The standard InChI is InChI=1S/C15H23NO/c1-3-17-15-9-14(10-15)16-11-12(2)13-7-5-4-6-8-13/h4-8,12,14-16H,3,9-11H2,1-2H3. The van der Waals surface area contributed by atoms with E-state index in [1.807, 2.05) is 0 Å². The predicted octanol–water partition coefficient (Wildman–Crippen LogP) is 2.95. The molecule has 1 aliphatic carbocycles. The molecule has 1 unspecified atom stereocenters. The van der Waals surface area contributed by atoms with E-state index in [2.05, 4.69) is 49.5 Å². The van der Waals surface area contributed by atoms with Gasteiger partial charge in [-0.1, -0.05) is 37.3 Å². The van der Waals surface area contributed by atoms with Crippen LogP contribution in [0.3, 0.4) is 0 Å². The van der Waals surface area contributed by atoms with Gasteiger partial charge in [-0.2, -0.15) is 0 Å². The Morgan fingerprint density at radius 1 is 1.29 bits per heavy atom. The van der Waals surface area contributed by atoms with Crippen molar-refractivity contribution in [1.82, 2.24) is 5.32 Å². The van der Waals surface area contributed by atoms with E-state index in [-0.39, 0.29) is 0 Å². The lowest BCUT2D eigenvalue weighted by atomic mass is 9.88. The van der Waals surface area contributed by atoms with Gasteiger partial charge in [-0.05, 0) is 31.2 Å². The summed E-state index contributed by atoms with van der Waals surface area (Å²) in [6.07, 6.45) is 2.86. The van der Waals surface area contributed by atoms with Crippen LogP contribution in [-0.2, 0) is 4.74 Å². The Morgan fingerprint density at radius 3 is 2.65 bits per heavy atom. The topological polar surface area (TPSA) is 21.3 Å². The minimum absolute atomic E-state index is 0.504. The van der Waals surface area contributed by atoms with Crippen molar-refractivity contribution in [3.05, 3.63) is 35.9 Å². The van der Waals surface area contributed by atoms with Crippen LogP contribution in [0, 0.1) is 0 Å². The summed E-state index contributed by atoms with van der Waals surface area (Å²) in [5.74, 6) is 0.586. The maximum Gasteiger partial charge on any atom is 0.0604 e. The fourth-order valence-electron chi connectivity index (χ4n) is 2.35. The quantitative estimate of drug-likeness (QED) is 0.815. The third kappa shape index (κ3) is 3.55. The van der Waals surface area contributed by atoms with Crippen molar-refractivity contribution in [2.45, 2.75) is 44.8 Å². The summed E-state index contributed by atoms with van der Waals surface area (Å²) in [6.45, 7) is 6.25.